The van der Waals surface area contributed by atoms with Crippen molar-refractivity contribution < 1.29 is 19.4 Å². The number of aromatic nitrogens is 2. The van der Waals surface area contributed by atoms with Crippen LogP contribution in [0.1, 0.15) is 70.7 Å². The molecular weight excluding hydrogens is 482 g/mol. The van der Waals surface area contributed by atoms with E-state index in [2.05, 4.69) is 60.0 Å². The molecule has 204 valence electrons. The predicted octanol–water partition coefficient (Wildman–Crippen LogP) is 5.03. The number of hydrogen-bond donors (Lipinski definition) is 4. The molecule has 1 heterocycles. The number of hydrogen-bond acceptors (Lipinski definition) is 5. The summed E-state index contributed by atoms with van der Waals surface area (Å²) in [6, 6.07) is 11.8. The van der Waals surface area contributed by atoms with Crippen LogP contribution in [-0.2, 0) is 23.1 Å². The van der Waals surface area contributed by atoms with Crippen LogP contribution in [0.15, 0.2) is 42.6 Å². The third-order valence-corrected chi connectivity index (χ3v) is 6.59. The van der Waals surface area contributed by atoms with E-state index in [0.29, 0.717) is 5.69 Å². The van der Waals surface area contributed by atoms with Gasteiger partial charge in [-0.05, 0) is 67.9 Å². The van der Waals surface area contributed by atoms with Crippen molar-refractivity contribution in [3.63, 3.8) is 0 Å². The number of carbonyl (C=O) groups is 2. The number of anilines is 1. The van der Waals surface area contributed by atoms with Gasteiger partial charge in [0.15, 0.2) is 0 Å². The zero-order valence-corrected chi connectivity index (χ0v) is 23.1. The Morgan fingerprint density at radius 2 is 1.92 bits per heavy atom. The summed E-state index contributed by atoms with van der Waals surface area (Å²) in [5, 5.41) is 24.2. The molecule has 0 bridgehead atoms. The summed E-state index contributed by atoms with van der Waals surface area (Å²) >= 11 is 0. The zero-order valence-electron chi connectivity index (χ0n) is 23.1. The third kappa shape index (κ3) is 6.64. The Hall–Kier alpha value is -3.59. The van der Waals surface area contributed by atoms with Crippen molar-refractivity contribution in [3.8, 4) is 0 Å². The van der Waals surface area contributed by atoms with Crippen LogP contribution in [0.4, 0.5) is 15.3 Å². The highest BCUT2D eigenvalue weighted by Crippen LogP contribution is 2.34. The van der Waals surface area contributed by atoms with E-state index in [1.165, 1.54) is 16.7 Å². The van der Waals surface area contributed by atoms with E-state index in [1.54, 1.807) is 31.6 Å². The van der Waals surface area contributed by atoms with Gasteiger partial charge in [0.25, 0.3) is 0 Å². The van der Waals surface area contributed by atoms with Crippen LogP contribution in [0.2, 0.25) is 0 Å². The number of aliphatic hydroxyl groups is 1. The molecule has 1 aliphatic rings. The Morgan fingerprint density at radius 3 is 2.63 bits per heavy atom. The lowest BCUT2D eigenvalue weighted by Gasteiger charge is -2.21. The van der Waals surface area contributed by atoms with Crippen LogP contribution in [-0.4, -0.2) is 45.3 Å². The lowest BCUT2D eigenvalue weighted by Crippen LogP contribution is -2.38. The number of aliphatic hydroxyl groups excluding tert-OH is 1. The minimum Gasteiger partial charge on any atom is -0.444 e. The molecule has 3 amide bonds. The number of ether oxygens (including phenoxy) is 1. The highest BCUT2D eigenvalue weighted by atomic mass is 16.6. The predicted molar refractivity (Wildman–Crippen MR) is 148 cm³/mol. The third-order valence-electron chi connectivity index (χ3n) is 6.59. The summed E-state index contributed by atoms with van der Waals surface area (Å²) in [7, 11) is 0. The van der Waals surface area contributed by atoms with Gasteiger partial charge in [0.1, 0.15) is 5.60 Å². The molecule has 0 spiro atoms. The van der Waals surface area contributed by atoms with Gasteiger partial charge in [-0.15, -0.1) is 0 Å². The van der Waals surface area contributed by atoms with Crippen molar-refractivity contribution in [2.75, 3.05) is 11.9 Å². The number of nitrogens with one attached hydrogen (secondary N) is 3. The van der Waals surface area contributed by atoms with Gasteiger partial charge in [-0.3, -0.25) is 4.68 Å². The lowest BCUT2D eigenvalue weighted by atomic mass is 9.85. The molecule has 1 unspecified atom stereocenters. The lowest BCUT2D eigenvalue weighted by molar-refractivity contribution is 0.0483. The van der Waals surface area contributed by atoms with Gasteiger partial charge in [0.05, 0.1) is 36.1 Å². The highest BCUT2D eigenvalue weighted by molar-refractivity contribution is 6.00. The first kappa shape index (κ1) is 27.4. The Labute approximate surface area is 223 Å². The largest absolute Gasteiger partial charge is 0.444 e. The van der Waals surface area contributed by atoms with Crippen LogP contribution in [0, 0.1) is 0 Å². The van der Waals surface area contributed by atoms with Crippen molar-refractivity contribution in [2.24, 2.45) is 0 Å². The van der Waals surface area contributed by atoms with E-state index in [9.17, 15) is 14.7 Å². The van der Waals surface area contributed by atoms with Crippen LogP contribution >= 0.6 is 0 Å². The molecule has 0 aliphatic heterocycles. The first-order valence-corrected chi connectivity index (χ1v) is 13.1. The second kappa shape index (κ2) is 10.6. The maximum absolute atomic E-state index is 12.9. The van der Waals surface area contributed by atoms with Gasteiger partial charge in [-0.2, -0.15) is 5.10 Å². The number of nitrogens with zero attached hydrogens (tertiary/aromatic N) is 2. The fourth-order valence-electron chi connectivity index (χ4n) is 4.69. The molecule has 1 aliphatic carbocycles. The second-order valence-electron chi connectivity index (χ2n) is 12.0. The molecule has 38 heavy (non-hydrogen) atoms. The summed E-state index contributed by atoms with van der Waals surface area (Å²) in [4.78, 5) is 24.8. The maximum Gasteiger partial charge on any atom is 0.407 e. The number of urea groups is 1. The topological polar surface area (TPSA) is 118 Å². The Balaban J connectivity index is 1.38. The standard InChI is InChI=1S/C29H39N5O4/c1-28(2,3)19-11-12-21-18(14-19)10-13-24(21)33-26(36)32-23-8-7-9-25-22(23)16-31-34(25)17-20(35)15-30-27(37)38-29(4,5)6/h7-9,11-12,14,16,20,24,35H,10,13,15,17H2,1-6H3,(H,30,37)(H2,32,33,36)/t20?,24-/m1/s1. The summed E-state index contributed by atoms with van der Waals surface area (Å²) in [5.41, 5.74) is 4.65. The van der Waals surface area contributed by atoms with Crippen molar-refractivity contribution in [3.05, 3.63) is 59.3 Å². The molecule has 0 fully saturated rings. The van der Waals surface area contributed by atoms with E-state index >= 15 is 0 Å². The number of alkyl carbamates (subject to hydrolysis) is 1. The van der Waals surface area contributed by atoms with Crippen molar-refractivity contribution in [1.29, 1.82) is 0 Å². The van der Waals surface area contributed by atoms with Gasteiger partial charge < -0.3 is 25.8 Å². The van der Waals surface area contributed by atoms with Crippen LogP contribution in [0.3, 0.4) is 0 Å². The quantitative estimate of drug-likeness (QED) is 0.363. The molecule has 4 N–H and O–H groups in total. The van der Waals surface area contributed by atoms with Crippen molar-refractivity contribution in [1.82, 2.24) is 20.4 Å². The van der Waals surface area contributed by atoms with Gasteiger partial charge in [-0.1, -0.05) is 45.0 Å². The molecular formula is C29H39N5O4. The monoisotopic (exact) mass is 521 g/mol. The molecule has 9 nitrogen and oxygen atoms in total. The van der Waals surface area contributed by atoms with Crippen LogP contribution < -0.4 is 16.0 Å². The highest BCUT2D eigenvalue weighted by Gasteiger charge is 2.26. The molecule has 2 atom stereocenters. The normalized spacial score (nSPS) is 16.1. The summed E-state index contributed by atoms with van der Waals surface area (Å²) < 4.78 is 6.85. The summed E-state index contributed by atoms with van der Waals surface area (Å²) in [6.07, 6.45) is 2.02. The van der Waals surface area contributed by atoms with Gasteiger partial charge in [0.2, 0.25) is 0 Å². The van der Waals surface area contributed by atoms with Crippen LogP contribution in [0.25, 0.3) is 10.9 Å². The molecule has 3 aromatic rings. The molecule has 0 saturated carbocycles. The minimum absolute atomic E-state index is 0.0245. The van der Waals surface area contributed by atoms with E-state index in [1.807, 2.05) is 18.2 Å². The zero-order chi connectivity index (χ0) is 27.7. The number of carbonyl (C=O) groups excluding carboxylic acids is 2. The molecule has 0 radical (unpaired) electrons. The Kier molecular flexibility index (Phi) is 7.69. The van der Waals surface area contributed by atoms with E-state index in [4.69, 9.17) is 4.74 Å². The minimum atomic E-state index is -0.869. The Bertz CT molecular complexity index is 1320. The smallest absolute Gasteiger partial charge is 0.407 e. The van der Waals surface area contributed by atoms with Gasteiger partial charge >= 0.3 is 12.1 Å². The molecule has 0 saturated heterocycles. The van der Waals surface area contributed by atoms with Gasteiger partial charge in [0, 0.05) is 11.9 Å². The van der Waals surface area contributed by atoms with E-state index in [0.717, 1.165) is 23.7 Å². The number of rotatable bonds is 6. The van der Waals surface area contributed by atoms with Crippen molar-refractivity contribution in [2.45, 2.75) is 84.1 Å². The number of fused-ring (bicyclic) bond motifs is 2. The molecule has 9 heteroatoms. The molecule has 2 aromatic carbocycles. The van der Waals surface area contributed by atoms with Gasteiger partial charge in [-0.25, -0.2) is 9.59 Å². The molecule has 1 aromatic heterocycles. The molecule has 4 rings (SSSR count). The van der Waals surface area contributed by atoms with Crippen molar-refractivity contribution >= 4 is 28.7 Å². The average molecular weight is 522 g/mol. The number of benzene rings is 2. The summed E-state index contributed by atoms with van der Waals surface area (Å²) in [5.74, 6) is 0. The van der Waals surface area contributed by atoms with E-state index in [-0.39, 0.29) is 30.6 Å². The first-order valence-electron chi connectivity index (χ1n) is 13.1. The summed E-state index contributed by atoms with van der Waals surface area (Å²) in [6.45, 7) is 12.1. The average Bonchev–Trinajstić information content (AvgIpc) is 3.40. The fraction of sp³-hybridized carbons (Fsp3) is 0.483. The Morgan fingerprint density at radius 1 is 1.16 bits per heavy atom. The first-order chi connectivity index (χ1) is 17.8. The fourth-order valence-corrected chi connectivity index (χ4v) is 4.69. The SMILES string of the molecule is CC(C)(C)OC(=O)NCC(O)Cn1ncc2c(NC(=O)N[C@@H]3CCc4cc(C(C)(C)C)ccc43)cccc21. The number of aryl methyl sites for hydroxylation is 1. The van der Waals surface area contributed by atoms with E-state index < -0.39 is 17.8 Å². The number of amides is 3. The maximum atomic E-state index is 12.9. The second-order valence-corrected chi connectivity index (χ2v) is 12.0. The van der Waals surface area contributed by atoms with Crippen LogP contribution in [0.5, 0.6) is 0 Å².